The first-order valence-corrected chi connectivity index (χ1v) is 7.00. The second-order valence-electron chi connectivity index (χ2n) is 4.96. The van der Waals surface area contributed by atoms with Gasteiger partial charge in [-0.3, -0.25) is 0 Å². The van der Waals surface area contributed by atoms with Gasteiger partial charge in [-0.1, -0.05) is 11.6 Å². The third-order valence-electron chi connectivity index (χ3n) is 3.44. The highest BCUT2D eigenvalue weighted by molar-refractivity contribution is 6.32. The topological polar surface area (TPSA) is 75.3 Å². The number of rotatable bonds is 2. The molecule has 0 unspecified atom stereocenters. The quantitative estimate of drug-likeness (QED) is 0.892. The molecule has 7 heteroatoms. The maximum absolute atomic E-state index is 14.0. The van der Waals surface area contributed by atoms with Gasteiger partial charge in [-0.25, -0.2) is 9.37 Å². The SMILES string of the molecule is Nc1cc(-c2cc(Cl)c(O)cc2F)nc(N2CCCC2)n1. The minimum Gasteiger partial charge on any atom is -0.506 e. The zero-order valence-corrected chi connectivity index (χ0v) is 11.9. The third kappa shape index (κ3) is 2.71. The van der Waals surface area contributed by atoms with Crippen LogP contribution in [-0.2, 0) is 0 Å². The Balaban J connectivity index is 2.08. The highest BCUT2D eigenvalue weighted by Crippen LogP contribution is 2.32. The number of benzene rings is 1. The maximum atomic E-state index is 14.0. The molecule has 0 aliphatic carbocycles. The average molecular weight is 309 g/mol. The zero-order chi connectivity index (χ0) is 15.0. The van der Waals surface area contributed by atoms with Gasteiger partial charge >= 0.3 is 0 Å². The van der Waals surface area contributed by atoms with Crippen LogP contribution in [0, 0.1) is 5.82 Å². The summed E-state index contributed by atoms with van der Waals surface area (Å²) in [5.41, 5.74) is 6.34. The largest absolute Gasteiger partial charge is 0.506 e. The van der Waals surface area contributed by atoms with Crippen LogP contribution in [0.4, 0.5) is 16.2 Å². The van der Waals surface area contributed by atoms with E-state index >= 15 is 0 Å². The van der Waals surface area contributed by atoms with Crippen LogP contribution in [0.1, 0.15) is 12.8 Å². The van der Waals surface area contributed by atoms with Crippen molar-refractivity contribution in [3.63, 3.8) is 0 Å². The number of hydrogen-bond acceptors (Lipinski definition) is 5. The molecule has 1 saturated heterocycles. The van der Waals surface area contributed by atoms with Crippen LogP contribution in [0.3, 0.4) is 0 Å². The summed E-state index contributed by atoms with van der Waals surface area (Å²) in [6.07, 6.45) is 2.15. The van der Waals surface area contributed by atoms with E-state index in [0.717, 1.165) is 32.0 Å². The molecule has 1 fully saturated rings. The molecule has 1 aliphatic heterocycles. The lowest BCUT2D eigenvalue weighted by atomic mass is 10.1. The molecule has 0 spiro atoms. The molecule has 0 atom stereocenters. The summed E-state index contributed by atoms with van der Waals surface area (Å²) in [4.78, 5) is 10.6. The van der Waals surface area contributed by atoms with Gasteiger partial charge in [0.25, 0.3) is 0 Å². The fraction of sp³-hybridized carbons (Fsp3) is 0.286. The van der Waals surface area contributed by atoms with E-state index in [4.69, 9.17) is 17.3 Å². The Kier molecular flexibility index (Phi) is 3.55. The summed E-state index contributed by atoms with van der Waals surface area (Å²) in [7, 11) is 0. The summed E-state index contributed by atoms with van der Waals surface area (Å²) in [5, 5.41) is 9.48. The number of nitrogen functional groups attached to an aromatic ring is 1. The van der Waals surface area contributed by atoms with Crippen LogP contribution in [-0.4, -0.2) is 28.2 Å². The third-order valence-corrected chi connectivity index (χ3v) is 3.74. The van der Waals surface area contributed by atoms with Gasteiger partial charge in [-0.15, -0.1) is 0 Å². The van der Waals surface area contributed by atoms with E-state index < -0.39 is 5.82 Å². The van der Waals surface area contributed by atoms with Crippen LogP contribution in [0.25, 0.3) is 11.3 Å². The fourth-order valence-corrected chi connectivity index (χ4v) is 2.55. The molecule has 0 radical (unpaired) electrons. The fourth-order valence-electron chi connectivity index (χ4n) is 2.38. The lowest BCUT2D eigenvalue weighted by Gasteiger charge is -2.16. The average Bonchev–Trinajstić information content (AvgIpc) is 2.96. The van der Waals surface area contributed by atoms with Crippen molar-refractivity contribution in [1.29, 1.82) is 0 Å². The number of hydrogen-bond donors (Lipinski definition) is 2. The predicted molar refractivity (Wildman–Crippen MR) is 80.0 cm³/mol. The smallest absolute Gasteiger partial charge is 0.227 e. The Morgan fingerprint density at radius 3 is 2.62 bits per heavy atom. The number of phenolic OH excluding ortho intramolecular Hbond substituents is 1. The molecule has 0 saturated carbocycles. The van der Waals surface area contributed by atoms with E-state index in [2.05, 4.69) is 9.97 Å². The lowest BCUT2D eigenvalue weighted by Crippen LogP contribution is -2.21. The molecule has 2 aromatic rings. The normalized spacial score (nSPS) is 14.7. The van der Waals surface area contributed by atoms with Gasteiger partial charge < -0.3 is 15.7 Å². The van der Waals surface area contributed by atoms with Crippen molar-refractivity contribution in [2.75, 3.05) is 23.7 Å². The number of halogens is 2. The van der Waals surface area contributed by atoms with Crippen LogP contribution < -0.4 is 10.6 Å². The van der Waals surface area contributed by atoms with E-state index in [0.29, 0.717) is 11.6 Å². The number of phenols is 1. The molecular formula is C14H14ClFN4O. The Labute approximate surface area is 126 Å². The number of nitrogens with two attached hydrogens (primary N) is 1. The number of anilines is 2. The highest BCUT2D eigenvalue weighted by Gasteiger charge is 2.18. The first kappa shape index (κ1) is 13.9. The Morgan fingerprint density at radius 2 is 1.90 bits per heavy atom. The summed E-state index contributed by atoms with van der Waals surface area (Å²) in [6.45, 7) is 1.73. The number of nitrogens with zero attached hydrogens (tertiary/aromatic N) is 3. The Morgan fingerprint density at radius 1 is 1.19 bits per heavy atom. The van der Waals surface area contributed by atoms with Gasteiger partial charge in [0.1, 0.15) is 17.4 Å². The summed E-state index contributed by atoms with van der Waals surface area (Å²) < 4.78 is 14.0. The minimum atomic E-state index is -0.609. The standard InChI is InChI=1S/C14H14ClFN4O/c15-9-5-8(10(16)6-12(9)21)11-7-13(17)19-14(18-11)20-3-1-2-4-20/h5-7,21H,1-4H2,(H2,17,18,19). The van der Waals surface area contributed by atoms with E-state index in [1.54, 1.807) is 0 Å². The van der Waals surface area contributed by atoms with Crippen molar-refractivity contribution >= 4 is 23.4 Å². The van der Waals surface area contributed by atoms with Crippen LogP contribution in [0.2, 0.25) is 5.02 Å². The predicted octanol–water partition coefficient (Wildman–Crippen LogP) is 2.82. The van der Waals surface area contributed by atoms with Gasteiger partial charge in [0.15, 0.2) is 0 Å². The molecule has 5 nitrogen and oxygen atoms in total. The van der Waals surface area contributed by atoms with Crippen molar-refractivity contribution in [3.05, 3.63) is 29.0 Å². The summed E-state index contributed by atoms with van der Waals surface area (Å²) in [5.74, 6) is -0.154. The molecule has 0 bridgehead atoms. The minimum absolute atomic E-state index is 0.0614. The van der Waals surface area contributed by atoms with Gasteiger partial charge in [0, 0.05) is 30.8 Å². The maximum Gasteiger partial charge on any atom is 0.227 e. The van der Waals surface area contributed by atoms with Crippen LogP contribution in [0.15, 0.2) is 18.2 Å². The van der Waals surface area contributed by atoms with Crippen molar-refractivity contribution < 1.29 is 9.50 Å². The lowest BCUT2D eigenvalue weighted by molar-refractivity contribution is 0.469. The number of aromatic nitrogens is 2. The molecule has 2 heterocycles. The van der Waals surface area contributed by atoms with E-state index in [9.17, 15) is 9.50 Å². The molecule has 1 aromatic heterocycles. The Hall–Kier alpha value is -2.08. The van der Waals surface area contributed by atoms with Gasteiger partial charge in [0.05, 0.1) is 10.7 Å². The molecule has 1 aliphatic rings. The second kappa shape index (κ2) is 5.37. The first-order chi connectivity index (χ1) is 10.0. The second-order valence-corrected chi connectivity index (χ2v) is 5.36. The van der Waals surface area contributed by atoms with Crippen molar-refractivity contribution in [2.24, 2.45) is 0 Å². The van der Waals surface area contributed by atoms with Gasteiger partial charge in [0.2, 0.25) is 5.95 Å². The van der Waals surface area contributed by atoms with E-state index in [1.165, 1.54) is 12.1 Å². The number of aromatic hydroxyl groups is 1. The Bertz CT molecular complexity index is 689. The molecule has 3 N–H and O–H groups in total. The van der Waals surface area contributed by atoms with E-state index in [1.807, 2.05) is 4.90 Å². The first-order valence-electron chi connectivity index (χ1n) is 6.62. The molecular weight excluding hydrogens is 295 g/mol. The van der Waals surface area contributed by atoms with Crippen molar-refractivity contribution in [3.8, 4) is 17.0 Å². The molecule has 21 heavy (non-hydrogen) atoms. The highest BCUT2D eigenvalue weighted by atomic mass is 35.5. The van der Waals surface area contributed by atoms with Gasteiger partial charge in [-0.2, -0.15) is 4.98 Å². The van der Waals surface area contributed by atoms with Crippen molar-refractivity contribution in [2.45, 2.75) is 12.8 Å². The molecule has 0 amide bonds. The van der Waals surface area contributed by atoms with Crippen LogP contribution in [0.5, 0.6) is 5.75 Å². The molecule has 1 aromatic carbocycles. The summed E-state index contributed by atoms with van der Waals surface area (Å²) in [6, 6.07) is 3.79. The molecule has 110 valence electrons. The summed E-state index contributed by atoms with van der Waals surface area (Å²) >= 11 is 5.84. The molecule has 3 rings (SSSR count). The van der Waals surface area contributed by atoms with Crippen LogP contribution >= 0.6 is 11.6 Å². The van der Waals surface area contributed by atoms with E-state index in [-0.39, 0.29) is 22.2 Å². The van der Waals surface area contributed by atoms with Gasteiger partial charge in [-0.05, 0) is 18.9 Å². The zero-order valence-electron chi connectivity index (χ0n) is 11.2. The van der Waals surface area contributed by atoms with Crippen molar-refractivity contribution in [1.82, 2.24) is 9.97 Å². The monoisotopic (exact) mass is 308 g/mol.